The van der Waals surface area contributed by atoms with Gasteiger partial charge in [0.2, 0.25) is 5.91 Å². The van der Waals surface area contributed by atoms with Crippen LogP contribution in [-0.4, -0.2) is 33.8 Å². The molecule has 1 N–H and O–H groups in total. The zero-order valence-corrected chi connectivity index (χ0v) is 14.7. The van der Waals surface area contributed by atoms with Gasteiger partial charge in [0.25, 0.3) is 0 Å². The lowest BCUT2D eigenvalue weighted by atomic mass is 10.1. The van der Waals surface area contributed by atoms with E-state index in [0.29, 0.717) is 18.0 Å². The number of methoxy groups -OCH3 is 3. The first-order valence-corrected chi connectivity index (χ1v) is 7.97. The van der Waals surface area contributed by atoms with Gasteiger partial charge in [-0.2, -0.15) is 0 Å². The predicted octanol–water partition coefficient (Wildman–Crippen LogP) is 3.08. The molecule has 132 valence electrons. The zero-order chi connectivity index (χ0) is 18.1. The maximum absolute atomic E-state index is 12.0. The van der Waals surface area contributed by atoms with Crippen molar-refractivity contribution in [1.29, 1.82) is 0 Å². The van der Waals surface area contributed by atoms with E-state index >= 15 is 0 Å². The summed E-state index contributed by atoms with van der Waals surface area (Å²) in [4.78, 5) is 12.0. The third-order valence-corrected chi connectivity index (χ3v) is 3.74. The molecule has 0 aliphatic carbocycles. The van der Waals surface area contributed by atoms with Gasteiger partial charge in [0.15, 0.2) is 0 Å². The monoisotopic (exact) mass is 341 g/mol. The summed E-state index contributed by atoms with van der Waals surface area (Å²) in [7, 11) is 4.81. The second-order valence-corrected chi connectivity index (χ2v) is 5.30. The average molecular weight is 341 g/mol. The fraction of sp³-hybridized carbons (Fsp3) is 0.250. The number of carbonyl (C=O) groups is 1. The van der Waals surface area contributed by atoms with Gasteiger partial charge >= 0.3 is 0 Å². The second-order valence-electron chi connectivity index (χ2n) is 5.30. The van der Waals surface area contributed by atoms with Gasteiger partial charge in [0.1, 0.15) is 17.2 Å². The van der Waals surface area contributed by atoms with Crippen LogP contribution in [0.1, 0.15) is 11.1 Å². The molecule has 0 atom stereocenters. The average Bonchev–Trinajstić information content (AvgIpc) is 2.66. The van der Waals surface area contributed by atoms with E-state index in [4.69, 9.17) is 14.2 Å². The number of benzene rings is 2. The maximum Gasteiger partial charge on any atom is 0.244 e. The summed E-state index contributed by atoms with van der Waals surface area (Å²) in [5.74, 6) is 1.96. The number of carbonyl (C=O) groups excluding carboxylic acids is 1. The lowest BCUT2D eigenvalue weighted by molar-refractivity contribution is -0.116. The summed E-state index contributed by atoms with van der Waals surface area (Å²) in [5.41, 5.74) is 1.87. The molecule has 0 bridgehead atoms. The molecule has 25 heavy (non-hydrogen) atoms. The van der Waals surface area contributed by atoms with Gasteiger partial charge in [-0.25, -0.2) is 0 Å². The van der Waals surface area contributed by atoms with Crippen LogP contribution in [0.25, 0.3) is 6.08 Å². The fourth-order valence-electron chi connectivity index (χ4n) is 2.38. The lowest BCUT2D eigenvalue weighted by Gasteiger charge is -2.09. The van der Waals surface area contributed by atoms with Crippen molar-refractivity contribution in [3.05, 3.63) is 59.7 Å². The molecular weight excluding hydrogens is 318 g/mol. The Balaban J connectivity index is 1.90. The minimum Gasteiger partial charge on any atom is -0.497 e. The summed E-state index contributed by atoms with van der Waals surface area (Å²) in [5, 5.41) is 2.87. The Hall–Kier alpha value is -2.95. The maximum atomic E-state index is 12.0. The minimum atomic E-state index is -0.165. The molecule has 0 heterocycles. The van der Waals surface area contributed by atoms with Gasteiger partial charge in [-0.1, -0.05) is 18.2 Å². The smallest absolute Gasteiger partial charge is 0.244 e. The summed E-state index contributed by atoms with van der Waals surface area (Å²) >= 11 is 0. The van der Waals surface area contributed by atoms with E-state index in [1.807, 2.05) is 42.5 Å². The Kier molecular flexibility index (Phi) is 6.89. The van der Waals surface area contributed by atoms with Crippen molar-refractivity contribution in [1.82, 2.24) is 5.32 Å². The van der Waals surface area contributed by atoms with Crippen LogP contribution in [0.4, 0.5) is 0 Å². The Morgan fingerprint density at radius 2 is 1.60 bits per heavy atom. The normalized spacial score (nSPS) is 10.5. The van der Waals surface area contributed by atoms with Crippen LogP contribution < -0.4 is 19.5 Å². The van der Waals surface area contributed by atoms with Crippen molar-refractivity contribution in [3.63, 3.8) is 0 Å². The van der Waals surface area contributed by atoms with Crippen molar-refractivity contribution in [3.8, 4) is 17.2 Å². The molecule has 2 aromatic rings. The second kappa shape index (κ2) is 9.37. The molecule has 2 aromatic carbocycles. The SMILES string of the molecule is COc1ccc(CCNC(=O)/C=C/c2c(OC)cccc2OC)cc1. The molecule has 0 unspecified atom stereocenters. The number of amides is 1. The van der Waals surface area contributed by atoms with Gasteiger partial charge in [-0.15, -0.1) is 0 Å². The van der Waals surface area contributed by atoms with E-state index in [0.717, 1.165) is 23.3 Å². The van der Waals surface area contributed by atoms with E-state index < -0.39 is 0 Å². The fourth-order valence-corrected chi connectivity index (χ4v) is 2.38. The van der Waals surface area contributed by atoms with E-state index in [1.54, 1.807) is 27.4 Å². The molecule has 0 aliphatic heterocycles. The highest BCUT2D eigenvalue weighted by molar-refractivity contribution is 5.92. The van der Waals surface area contributed by atoms with Crippen molar-refractivity contribution in [2.45, 2.75) is 6.42 Å². The molecule has 5 heteroatoms. The van der Waals surface area contributed by atoms with Crippen LogP contribution in [0.5, 0.6) is 17.2 Å². The minimum absolute atomic E-state index is 0.165. The molecule has 0 saturated carbocycles. The molecule has 0 saturated heterocycles. The van der Waals surface area contributed by atoms with Gasteiger partial charge in [-0.3, -0.25) is 4.79 Å². The van der Waals surface area contributed by atoms with Gasteiger partial charge in [-0.05, 0) is 42.3 Å². The van der Waals surface area contributed by atoms with Crippen LogP contribution >= 0.6 is 0 Å². The summed E-state index contributed by atoms with van der Waals surface area (Å²) in [6.07, 6.45) is 3.93. The molecule has 2 rings (SSSR count). The van der Waals surface area contributed by atoms with Crippen LogP contribution in [0.2, 0.25) is 0 Å². The van der Waals surface area contributed by atoms with Crippen molar-refractivity contribution >= 4 is 12.0 Å². The summed E-state index contributed by atoms with van der Waals surface area (Å²) in [6.45, 7) is 0.554. The summed E-state index contributed by atoms with van der Waals surface area (Å²) < 4.78 is 15.7. The number of ether oxygens (including phenoxy) is 3. The van der Waals surface area contributed by atoms with E-state index in [2.05, 4.69) is 5.32 Å². The number of nitrogens with one attached hydrogen (secondary N) is 1. The Morgan fingerprint density at radius 3 is 2.16 bits per heavy atom. The van der Waals surface area contributed by atoms with E-state index in [-0.39, 0.29) is 5.91 Å². The summed E-state index contributed by atoms with van der Waals surface area (Å²) in [6, 6.07) is 13.3. The molecule has 0 fully saturated rings. The van der Waals surface area contributed by atoms with Gasteiger partial charge < -0.3 is 19.5 Å². The van der Waals surface area contributed by atoms with Crippen LogP contribution in [-0.2, 0) is 11.2 Å². The first kappa shape index (κ1) is 18.4. The molecule has 0 aliphatic rings. The van der Waals surface area contributed by atoms with Crippen LogP contribution in [0.3, 0.4) is 0 Å². The molecule has 5 nitrogen and oxygen atoms in total. The highest BCUT2D eigenvalue weighted by atomic mass is 16.5. The third kappa shape index (κ3) is 5.28. The van der Waals surface area contributed by atoms with Gasteiger partial charge in [0, 0.05) is 12.6 Å². The zero-order valence-electron chi connectivity index (χ0n) is 14.7. The highest BCUT2D eigenvalue weighted by Crippen LogP contribution is 2.29. The molecule has 0 aromatic heterocycles. The quantitative estimate of drug-likeness (QED) is 0.750. The predicted molar refractivity (Wildman–Crippen MR) is 98.3 cm³/mol. The van der Waals surface area contributed by atoms with E-state index in [9.17, 15) is 4.79 Å². The van der Waals surface area contributed by atoms with Crippen molar-refractivity contribution in [2.75, 3.05) is 27.9 Å². The molecule has 1 amide bonds. The van der Waals surface area contributed by atoms with E-state index in [1.165, 1.54) is 6.08 Å². The highest BCUT2D eigenvalue weighted by Gasteiger charge is 2.07. The van der Waals surface area contributed by atoms with Gasteiger partial charge in [0.05, 0.1) is 26.9 Å². The molecule has 0 spiro atoms. The topological polar surface area (TPSA) is 56.8 Å². The first-order chi connectivity index (χ1) is 12.2. The van der Waals surface area contributed by atoms with Crippen LogP contribution in [0, 0.1) is 0 Å². The third-order valence-electron chi connectivity index (χ3n) is 3.74. The Labute approximate surface area is 148 Å². The standard InChI is InChI=1S/C20H23NO4/c1-23-16-9-7-15(8-10-16)13-14-21-20(22)12-11-17-18(24-2)5-4-6-19(17)25-3/h4-12H,13-14H2,1-3H3,(H,21,22)/b12-11+. The number of hydrogen-bond acceptors (Lipinski definition) is 4. The number of hydrogen-bond donors (Lipinski definition) is 1. The van der Waals surface area contributed by atoms with Crippen molar-refractivity contribution < 1.29 is 19.0 Å². The Bertz CT molecular complexity index is 701. The van der Waals surface area contributed by atoms with Crippen LogP contribution in [0.15, 0.2) is 48.5 Å². The number of rotatable bonds is 8. The lowest BCUT2D eigenvalue weighted by Crippen LogP contribution is -2.23. The largest absolute Gasteiger partial charge is 0.497 e. The molecule has 0 radical (unpaired) electrons. The Morgan fingerprint density at radius 1 is 0.960 bits per heavy atom. The molecular formula is C20H23NO4. The van der Waals surface area contributed by atoms with Crippen molar-refractivity contribution in [2.24, 2.45) is 0 Å². The first-order valence-electron chi connectivity index (χ1n) is 7.97.